The Morgan fingerprint density at radius 1 is 1.13 bits per heavy atom. The van der Waals surface area contributed by atoms with E-state index in [2.05, 4.69) is 15.6 Å². The summed E-state index contributed by atoms with van der Waals surface area (Å²) < 4.78 is 1.10. The third-order valence-electron chi connectivity index (χ3n) is 5.69. The largest absolute Gasteiger partial charge is 0.325 e. The average Bonchev–Trinajstić information content (AvgIpc) is 3.43. The number of imide groups is 1. The molecule has 2 aliphatic rings. The van der Waals surface area contributed by atoms with Gasteiger partial charge in [-0.1, -0.05) is 37.1 Å². The molecule has 2 heterocycles. The number of nitrogens with zero attached hydrogens (tertiary/aromatic N) is 2. The van der Waals surface area contributed by atoms with Gasteiger partial charge < -0.3 is 10.6 Å². The van der Waals surface area contributed by atoms with Crippen molar-refractivity contribution >= 4 is 45.1 Å². The zero-order valence-corrected chi connectivity index (χ0v) is 17.0. The van der Waals surface area contributed by atoms with E-state index in [1.165, 1.54) is 0 Å². The lowest BCUT2D eigenvalue weighted by atomic mass is 9.98. The second-order valence-corrected chi connectivity index (χ2v) is 8.76. The number of thiazole rings is 1. The topological polar surface area (TPSA) is 91.4 Å². The van der Waals surface area contributed by atoms with Crippen LogP contribution in [0, 0.1) is 0 Å². The van der Waals surface area contributed by atoms with Gasteiger partial charge in [0.2, 0.25) is 5.91 Å². The van der Waals surface area contributed by atoms with Crippen molar-refractivity contribution in [1.29, 1.82) is 0 Å². The molecule has 1 aliphatic heterocycles. The molecule has 0 atom stereocenters. The molecule has 2 N–H and O–H groups in total. The van der Waals surface area contributed by atoms with E-state index in [-0.39, 0.29) is 12.5 Å². The Morgan fingerprint density at radius 2 is 1.93 bits per heavy atom. The summed E-state index contributed by atoms with van der Waals surface area (Å²) in [6, 6.07) is 14.8. The Bertz CT molecular complexity index is 1130. The molecule has 3 aromatic rings. The van der Waals surface area contributed by atoms with Gasteiger partial charge in [0.25, 0.3) is 5.91 Å². The molecular formula is C22H20N4O3S. The van der Waals surface area contributed by atoms with Gasteiger partial charge in [-0.15, -0.1) is 11.3 Å². The van der Waals surface area contributed by atoms with Gasteiger partial charge in [-0.05, 0) is 37.1 Å². The molecule has 8 heteroatoms. The molecule has 2 fully saturated rings. The minimum absolute atomic E-state index is 0.289. The zero-order chi connectivity index (χ0) is 20.7. The van der Waals surface area contributed by atoms with Crippen molar-refractivity contribution in [1.82, 2.24) is 15.2 Å². The smallest absolute Gasteiger partial charge is 0.325 e. The molecule has 1 aromatic heterocycles. The first-order valence-electron chi connectivity index (χ1n) is 9.94. The Balaban J connectivity index is 1.30. The average molecular weight is 420 g/mol. The first kappa shape index (κ1) is 18.7. The number of aromatic nitrogens is 1. The van der Waals surface area contributed by atoms with Crippen molar-refractivity contribution in [3.05, 3.63) is 48.5 Å². The second kappa shape index (κ2) is 7.21. The highest BCUT2D eigenvalue weighted by atomic mass is 32.1. The van der Waals surface area contributed by atoms with Gasteiger partial charge in [0.15, 0.2) is 0 Å². The van der Waals surface area contributed by atoms with Crippen molar-refractivity contribution in [2.75, 3.05) is 11.9 Å². The van der Waals surface area contributed by atoms with Crippen LogP contribution < -0.4 is 10.6 Å². The first-order chi connectivity index (χ1) is 14.5. The fraction of sp³-hybridized carbons (Fsp3) is 0.273. The fourth-order valence-corrected chi connectivity index (χ4v) is 5.17. The molecule has 0 unspecified atom stereocenters. The molecule has 1 saturated carbocycles. The number of rotatable bonds is 4. The maximum atomic E-state index is 12.7. The monoisotopic (exact) mass is 420 g/mol. The normalized spacial score (nSPS) is 17.7. The molecule has 0 bridgehead atoms. The van der Waals surface area contributed by atoms with E-state index < -0.39 is 17.5 Å². The lowest BCUT2D eigenvalue weighted by Crippen LogP contribution is -2.44. The molecule has 0 radical (unpaired) electrons. The van der Waals surface area contributed by atoms with Crippen molar-refractivity contribution in [3.8, 4) is 10.6 Å². The predicted molar refractivity (Wildman–Crippen MR) is 115 cm³/mol. The van der Waals surface area contributed by atoms with Crippen LogP contribution in [0.2, 0.25) is 0 Å². The third kappa shape index (κ3) is 3.23. The lowest BCUT2D eigenvalue weighted by Gasteiger charge is -2.19. The van der Waals surface area contributed by atoms with Crippen molar-refractivity contribution < 1.29 is 14.4 Å². The number of benzene rings is 2. The van der Waals surface area contributed by atoms with Gasteiger partial charge in [-0.3, -0.25) is 14.5 Å². The van der Waals surface area contributed by atoms with Gasteiger partial charge in [-0.25, -0.2) is 9.78 Å². The SMILES string of the molecule is O=C(CN1C(=O)NC2(CCCC2)C1=O)Nc1cccc(-c2nc3ccccc3s2)c1. The molecule has 152 valence electrons. The van der Waals surface area contributed by atoms with Crippen molar-refractivity contribution in [2.24, 2.45) is 0 Å². The van der Waals surface area contributed by atoms with Crippen LogP contribution >= 0.6 is 11.3 Å². The number of hydrogen-bond acceptors (Lipinski definition) is 5. The molecule has 1 aliphatic carbocycles. The molecular weight excluding hydrogens is 400 g/mol. The summed E-state index contributed by atoms with van der Waals surface area (Å²) in [5, 5.41) is 6.45. The van der Waals surface area contributed by atoms with Gasteiger partial charge in [0, 0.05) is 11.3 Å². The van der Waals surface area contributed by atoms with E-state index in [0.717, 1.165) is 38.5 Å². The van der Waals surface area contributed by atoms with E-state index in [1.807, 2.05) is 42.5 Å². The number of amides is 4. The molecule has 1 spiro atoms. The molecule has 4 amide bonds. The van der Waals surface area contributed by atoms with Crippen molar-refractivity contribution in [3.63, 3.8) is 0 Å². The lowest BCUT2D eigenvalue weighted by molar-refractivity contribution is -0.133. The van der Waals surface area contributed by atoms with Gasteiger partial charge in [0.05, 0.1) is 10.2 Å². The second-order valence-electron chi connectivity index (χ2n) is 7.73. The standard InChI is InChI=1S/C22H20N4O3S/c27-18(13-26-20(28)22(25-21(26)29)10-3-4-11-22)23-15-7-5-6-14(12-15)19-24-16-8-1-2-9-17(16)30-19/h1-2,5-9,12H,3-4,10-11,13H2,(H,23,27)(H,25,29). The van der Waals surface area contributed by atoms with E-state index in [0.29, 0.717) is 18.5 Å². The Hall–Kier alpha value is -3.26. The number of carbonyl (C=O) groups is 3. The van der Waals surface area contributed by atoms with E-state index >= 15 is 0 Å². The molecule has 7 nitrogen and oxygen atoms in total. The van der Waals surface area contributed by atoms with E-state index in [4.69, 9.17) is 0 Å². The number of para-hydroxylation sites is 1. The van der Waals surface area contributed by atoms with Crippen molar-refractivity contribution in [2.45, 2.75) is 31.2 Å². The maximum Gasteiger partial charge on any atom is 0.325 e. The van der Waals surface area contributed by atoms with Crippen LogP contribution in [0.4, 0.5) is 10.5 Å². The number of anilines is 1. The summed E-state index contributed by atoms with van der Waals surface area (Å²) in [6.07, 6.45) is 3.09. The number of fused-ring (bicyclic) bond motifs is 1. The quantitative estimate of drug-likeness (QED) is 0.629. The number of urea groups is 1. The first-order valence-corrected chi connectivity index (χ1v) is 10.8. The van der Waals surface area contributed by atoms with Crippen LogP contribution in [0.25, 0.3) is 20.8 Å². The Labute approximate surface area is 177 Å². The van der Waals surface area contributed by atoms with Crippen LogP contribution in [-0.2, 0) is 9.59 Å². The highest BCUT2D eigenvalue weighted by Crippen LogP contribution is 2.35. The summed E-state index contributed by atoms with van der Waals surface area (Å²) in [5.41, 5.74) is 1.63. The summed E-state index contributed by atoms with van der Waals surface area (Å²) in [6.45, 7) is -0.294. The van der Waals surface area contributed by atoms with Crippen LogP contribution in [-0.4, -0.2) is 39.8 Å². The minimum Gasteiger partial charge on any atom is -0.325 e. The summed E-state index contributed by atoms with van der Waals surface area (Å²) in [4.78, 5) is 43.2. The van der Waals surface area contributed by atoms with Gasteiger partial charge in [0.1, 0.15) is 17.1 Å². The summed E-state index contributed by atoms with van der Waals surface area (Å²) in [5.74, 6) is -0.696. The van der Waals surface area contributed by atoms with Crippen LogP contribution in [0.1, 0.15) is 25.7 Å². The molecule has 30 heavy (non-hydrogen) atoms. The summed E-state index contributed by atoms with van der Waals surface area (Å²) in [7, 11) is 0. The van der Waals surface area contributed by atoms with Gasteiger partial charge >= 0.3 is 6.03 Å². The van der Waals surface area contributed by atoms with Crippen LogP contribution in [0.3, 0.4) is 0 Å². The molecule has 2 aromatic carbocycles. The highest BCUT2D eigenvalue weighted by Gasteiger charge is 2.52. The molecule has 1 saturated heterocycles. The number of nitrogens with one attached hydrogen (secondary N) is 2. The zero-order valence-electron chi connectivity index (χ0n) is 16.2. The fourth-order valence-electron chi connectivity index (χ4n) is 4.21. The summed E-state index contributed by atoms with van der Waals surface area (Å²) >= 11 is 1.59. The maximum absolute atomic E-state index is 12.7. The van der Waals surface area contributed by atoms with Crippen LogP contribution in [0.15, 0.2) is 48.5 Å². The Kier molecular flexibility index (Phi) is 4.51. The Morgan fingerprint density at radius 3 is 2.73 bits per heavy atom. The van der Waals surface area contributed by atoms with Crippen LogP contribution in [0.5, 0.6) is 0 Å². The minimum atomic E-state index is -0.801. The van der Waals surface area contributed by atoms with Gasteiger partial charge in [-0.2, -0.15) is 0 Å². The van der Waals surface area contributed by atoms with E-state index in [1.54, 1.807) is 17.4 Å². The highest BCUT2D eigenvalue weighted by molar-refractivity contribution is 7.21. The van der Waals surface area contributed by atoms with E-state index in [9.17, 15) is 14.4 Å². The number of carbonyl (C=O) groups excluding carboxylic acids is 3. The third-order valence-corrected chi connectivity index (χ3v) is 6.78. The predicted octanol–water partition coefficient (Wildman–Crippen LogP) is 3.77. The number of hydrogen-bond donors (Lipinski definition) is 2. The molecule has 5 rings (SSSR count).